The predicted molar refractivity (Wildman–Crippen MR) is 92.7 cm³/mol. The van der Waals surface area contributed by atoms with E-state index in [-0.39, 0.29) is 23.4 Å². The van der Waals surface area contributed by atoms with E-state index >= 15 is 0 Å². The maximum Gasteiger partial charge on any atom is 0.281 e. The highest BCUT2D eigenvalue weighted by Gasteiger charge is 2.18. The molecule has 122 valence electrons. The minimum Gasteiger partial charge on any atom is -0.493 e. The van der Waals surface area contributed by atoms with Gasteiger partial charge in [-0.2, -0.15) is 10.4 Å². The SMILES string of the molecule is C=CCn1c(O)c(C#N)c(C)c(N=Nc2ccc(Cl)c(Cl)c2)c1=O. The molecule has 0 radical (unpaired) electrons. The van der Waals surface area contributed by atoms with E-state index in [9.17, 15) is 15.2 Å². The molecule has 0 aliphatic rings. The maximum atomic E-state index is 12.5. The number of allylic oxidation sites excluding steroid dienone is 1. The minimum atomic E-state index is -0.576. The summed E-state index contributed by atoms with van der Waals surface area (Å²) in [6.45, 7) is 5.07. The van der Waals surface area contributed by atoms with Crippen LogP contribution in [0.5, 0.6) is 5.88 Å². The van der Waals surface area contributed by atoms with Gasteiger partial charge in [0.15, 0.2) is 5.69 Å². The Hall–Kier alpha value is -2.62. The second-order valence-electron chi connectivity index (χ2n) is 4.79. The van der Waals surface area contributed by atoms with E-state index in [1.807, 2.05) is 6.07 Å². The molecular formula is C16H12Cl2N4O2. The molecule has 2 aromatic rings. The Balaban J connectivity index is 2.61. The number of nitrogens with zero attached hydrogens (tertiary/aromatic N) is 4. The van der Waals surface area contributed by atoms with E-state index < -0.39 is 11.4 Å². The van der Waals surface area contributed by atoms with E-state index in [1.54, 1.807) is 12.1 Å². The topological polar surface area (TPSA) is 90.7 Å². The first kappa shape index (κ1) is 17.7. The van der Waals surface area contributed by atoms with Gasteiger partial charge < -0.3 is 5.11 Å². The first-order chi connectivity index (χ1) is 11.4. The van der Waals surface area contributed by atoms with Crippen molar-refractivity contribution in [3.8, 4) is 11.9 Å². The van der Waals surface area contributed by atoms with Gasteiger partial charge in [-0.1, -0.05) is 29.3 Å². The molecule has 0 amide bonds. The van der Waals surface area contributed by atoms with Crippen molar-refractivity contribution in [2.45, 2.75) is 13.5 Å². The quantitative estimate of drug-likeness (QED) is 0.634. The minimum absolute atomic E-state index is 0.0366. The number of pyridine rings is 1. The number of aromatic hydroxyl groups is 1. The molecule has 24 heavy (non-hydrogen) atoms. The number of hydrogen-bond donors (Lipinski definition) is 1. The van der Waals surface area contributed by atoms with Crippen molar-refractivity contribution >= 4 is 34.6 Å². The molecule has 0 saturated heterocycles. The third-order valence-electron chi connectivity index (χ3n) is 3.25. The lowest BCUT2D eigenvalue weighted by Gasteiger charge is -2.11. The third-order valence-corrected chi connectivity index (χ3v) is 3.99. The first-order valence-corrected chi connectivity index (χ1v) is 7.50. The second kappa shape index (κ2) is 7.30. The normalized spacial score (nSPS) is 10.8. The third kappa shape index (κ3) is 3.32. The fraction of sp³-hybridized carbons (Fsp3) is 0.125. The van der Waals surface area contributed by atoms with E-state index in [1.165, 1.54) is 19.1 Å². The summed E-state index contributed by atoms with van der Waals surface area (Å²) in [6.07, 6.45) is 1.43. The van der Waals surface area contributed by atoms with Crippen LogP contribution in [0.3, 0.4) is 0 Å². The van der Waals surface area contributed by atoms with Crippen LogP contribution in [-0.4, -0.2) is 9.67 Å². The number of halogens is 2. The molecule has 1 aromatic heterocycles. The van der Waals surface area contributed by atoms with Crippen LogP contribution < -0.4 is 5.56 Å². The Morgan fingerprint density at radius 3 is 2.67 bits per heavy atom. The second-order valence-corrected chi connectivity index (χ2v) is 5.60. The largest absolute Gasteiger partial charge is 0.493 e. The summed E-state index contributed by atoms with van der Waals surface area (Å²) in [5.41, 5.74) is -0.0290. The van der Waals surface area contributed by atoms with Crippen molar-refractivity contribution in [1.82, 2.24) is 4.57 Å². The zero-order chi connectivity index (χ0) is 17.9. The van der Waals surface area contributed by atoms with Crippen molar-refractivity contribution in [2.75, 3.05) is 0 Å². The Morgan fingerprint density at radius 1 is 1.38 bits per heavy atom. The van der Waals surface area contributed by atoms with Gasteiger partial charge in [0, 0.05) is 12.1 Å². The monoisotopic (exact) mass is 362 g/mol. The molecule has 0 bridgehead atoms. The average molecular weight is 363 g/mol. The lowest BCUT2D eigenvalue weighted by molar-refractivity contribution is 0.414. The van der Waals surface area contributed by atoms with E-state index in [0.717, 1.165) is 4.57 Å². The van der Waals surface area contributed by atoms with Crippen LogP contribution in [0, 0.1) is 18.3 Å². The highest BCUT2D eigenvalue weighted by molar-refractivity contribution is 6.42. The molecule has 1 aromatic carbocycles. The number of rotatable bonds is 4. The van der Waals surface area contributed by atoms with Crippen LogP contribution in [0.25, 0.3) is 0 Å². The summed E-state index contributed by atoms with van der Waals surface area (Å²) in [4.78, 5) is 12.5. The van der Waals surface area contributed by atoms with Gasteiger partial charge in [-0.3, -0.25) is 9.36 Å². The van der Waals surface area contributed by atoms with Gasteiger partial charge in [-0.15, -0.1) is 11.7 Å². The highest BCUT2D eigenvalue weighted by atomic mass is 35.5. The van der Waals surface area contributed by atoms with Gasteiger partial charge in [0.2, 0.25) is 5.88 Å². The molecule has 0 fully saturated rings. The molecule has 1 heterocycles. The van der Waals surface area contributed by atoms with Gasteiger partial charge in [-0.25, -0.2) is 0 Å². The molecule has 8 heteroatoms. The van der Waals surface area contributed by atoms with Crippen molar-refractivity contribution in [1.29, 1.82) is 5.26 Å². The summed E-state index contributed by atoms with van der Waals surface area (Å²) in [5, 5.41) is 27.8. The fourth-order valence-corrected chi connectivity index (χ4v) is 2.30. The summed E-state index contributed by atoms with van der Waals surface area (Å²) in [6, 6.07) is 6.50. The van der Waals surface area contributed by atoms with Gasteiger partial charge in [0.1, 0.15) is 11.6 Å². The Bertz CT molecular complexity index is 943. The Morgan fingerprint density at radius 2 is 2.08 bits per heavy atom. The van der Waals surface area contributed by atoms with Crippen molar-refractivity contribution in [2.24, 2.45) is 10.2 Å². The molecular weight excluding hydrogens is 351 g/mol. The summed E-state index contributed by atoms with van der Waals surface area (Å²) in [7, 11) is 0. The number of nitriles is 1. The van der Waals surface area contributed by atoms with E-state index in [4.69, 9.17) is 23.2 Å². The molecule has 0 aliphatic heterocycles. The number of aromatic nitrogens is 1. The maximum absolute atomic E-state index is 12.5. The summed E-state index contributed by atoms with van der Waals surface area (Å²) in [5.74, 6) is -0.423. The van der Waals surface area contributed by atoms with Crippen LogP contribution in [0.2, 0.25) is 10.0 Å². The number of benzene rings is 1. The molecule has 0 atom stereocenters. The molecule has 1 N–H and O–H groups in total. The average Bonchev–Trinajstić information content (AvgIpc) is 2.55. The molecule has 2 rings (SSSR count). The van der Waals surface area contributed by atoms with Crippen LogP contribution in [0.1, 0.15) is 11.1 Å². The molecule has 0 spiro atoms. The number of hydrogen-bond acceptors (Lipinski definition) is 5. The molecule has 0 unspecified atom stereocenters. The Labute approximate surface area is 147 Å². The zero-order valence-corrected chi connectivity index (χ0v) is 14.1. The first-order valence-electron chi connectivity index (χ1n) is 6.74. The summed E-state index contributed by atoms with van der Waals surface area (Å²) >= 11 is 11.7. The van der Waals surface area contributed by atoms with Crippen LogP contribution in [0.15, 0.2) is 45.9 Å². The Kier molecular flexibility index (Phi) is 5.39. The van der Waals surface area contributed by atoms with Crippen LogP contribution >= 0.6 is 23.2 Å². The molecule has 0 saturated carbocycles. The summed E-state index contributed by atoms with van der Waals surface area (Å²) < 4.78 is 1.00. The van der Waals surface area contributed by atoms with Crippen molar-refractivity contribution in [3.05, 3.63) is 62.4 Å². The van der Waals surface area contributed by atoms with Gasteiger partial charge >= 0.3 is 0 Å². The standard InChI is InChI=1S/C16H12Cl2N4O2/c1-3-6-22-15(23)11(8-19)9(2)14(16(22)24)21-20-10-4-5-12(17)13(18)7-10/h3-5,7,23H,1,6H2,2H3. The van der Waals surface area contributed by atoms with Gasteiger partial charge in [0.05, 0.1) is 15.7 Å². The fourth-order valence-electron chi connectivity index (χ4n) is 2.01. The molecule has 6 nitrogen and oxygen atoms in total. The van der Waals surface area contributed by atoms with Gasteiger partial charge in [-0.05, 0) is 25.1 Å². The van der Waals surface area contributed by atoms with Gasteiger partial charge in [0.25, 0.3) is 5.56 Å². The van der Waals surface area contributed by atoms with E-state index in [2.05, 4.69) is 16.8 Å². The number of azo groups is 1. The van der Waals surface area contributed by atoms with Crippen molar-refractivity contribution < 1.29 is 5.11 Å². The van der Waals surface area contributed by atoms with E-state index in [0.29, 0.717) is 15.7 Å². The molecule has 0 aliphatic carbocycles. The zero-order valence-electron chi connectivity index (χ0n) is 12.6. The predicted octanol–water partition coefficient (Wildman–Crippen LogP) is 4.64. The van der Waals surface area contributed by atoms with Crippen molar-refractivity contribution in [3.63, 3.8) is 0 Å². The smallest absolute Gasteiger partial charge is 0.281 e. The highest BCUT2D eigenvalue weighted by Crippen LogP contribution is 2.29. The lowest BCUT2D eigenvalue weighted by Crippen LogP contribution is -2.21. The lowest BCUT2D eigenvalue weighted by atomic mass is 10.1. The van der Waals surface area contributed by atoms with Crippen LogP contribution in [0.4, 0.5) is 11.4 Å². The van der Waals surface area contributed by atoms with Crippen LogP contribution in [-0.2, 0) is 6.54 Å².